The van der Waals surface area contributed by atoms with Crippen molar-refractivity contribution >= 4 is 21.8 Å². The SMILES string of the molecule is Cn1nc(C(C)(C)C)cc1C(=O)N1CCCN(S(=O)(=O)c2ccc(F)cc2)C1C(=O)NC1CCC(N)CC1. The molecule has 1 aliphatic heterocycles. The van der Waals surface area contributed by atoms with E-state index in [1.54, 1.807) is 13.1 Å². The first-order chi connectivity index (χ1) is 17.8. The number of halogens is 1. The number of carbonyl (C=O) groups excluding carboxylic acids is 2. The number of hydrogen-bond donors (Lipinski definition) is 2. The van der Waals surface area contributed by atoms with Crippen molar-refractivity contribution in [3.8, 4) is 0 Å². The summed E-state index contributed by atoms with van der Waals surface area (Å²) in [7, 11) is -2.58. The van der Waals surface area contributed by atoms with Gasteiger partial charge in [0.15, 0.2) is 6.17 Å². The maximum Gasteiger partial charge on any atom is 0.273 e. The molecule has 1 aliphatic carbocycles. The molecule has 2 aromatic rings. The minimum atomic E-state index is -4.23. The van der Waals surface area contributed by atoms with Crippen molar-refractivity contribution < 1.29 is 22.4 Å². The molecule has 1 atom stereocenters. The van der Waals surface area contributed by atoms with Gasteiger partial charge in [0, 0.05) is 37.6 Å². The van der Waals surface area contributed by atoms with Crippen LogP contribution in [0.2, 0.25) is 0 Å². The van der Waals surface area contributed by atoms with Gasteiger partial charge in [0.25, 0.3) is 11.8 Å². The molecule has 0 radical (unpaired) electrons. The fourth-order valence-electron chi connectivity index (χ4n) is 5.00. The Bertz CT molecular complexity index is 1280. The highest BCUT2D eigenvalue weighted by Gasteiger charge is 2.45. The van der Waals surface area contributed by atoms with Crippen LogP contribution in [0.4, 0.5) is 4.39 Å². The van der Waals surface area contributed by atoms with Crippen molar-refractivity contribution in [2.24, 2.45) is 12.8 Å². The molecule has 1 saturated carbocycles. The average molecular weight is 549 g/mol. The van der Waals surface area contributed by atoms with Crippen LogP contribution in [0.5, 0.6) is 0 Å². The molecule has 2 aliphatic rings. The highest BCUT2D eigenvalue weighted by molar-refractivity contribution is 7.89. The minimum Gasteiger partial charge on any atom is -0.350 e. The van der Waals surface area contributed by atoms with Gasteiger partial charge in [-0.25, -0.2) is 12.8 Å². The number of rotatable bonds is 5. The van der Waals surface area contributed by atoms with E-state index >= 15 is 0 Å². The van der Waals surface area contributed by atoms with Crippen molar-refractivity contribution in [2.75, 3.05) is 13.1 Å². The summed E-state index contributed by atoms with van der Waals surface area (Å²) in [5.74, 6) is -1.63. The largest absolute Gasteiger partial charge is 0.350 e. The first kappa shape index (κ1) is 28.2. The zero-order valence-electron chi connectivity index (χ0n) is 22.4. The number of amides is 2. The Balaban J connectivity index is 1.71. The highest BCUT2D eigenvalue weighted by atomic mass is 32.2. The van der Waals surface area contributed by atoms with Crippen molar-refractivity contribution in [1.82, 2.24) is 24.3 Å². The lowest BCUT2D eigenvalue weighted by atomic mass is 9.91. The van der Waals surface area contributed by atoms with Gasteiger partial charge in [0.1, 0.15) is 11.5 Å². The predicted octanol–water partition coefficient (Wildman–Crippen LogP) is 2.11. The topological polar surface area (TPSA) is 131 Å². The smallest absolute Gasteiger partial charge is 0.273 e. The monoisotopic (exact) mass is 548 g/mol. The van der Waals surface area contributed by atoms with Gasteiger partial charge in [0.2, 0.25) is 10.0 Å². The summed E-state index contributed by atoms with van der Waals surface area (Å²) in [5, 5.41) is 7.46. The molecule has 12 heteroatoms. The van der Waals surface area contributed by atoms with E-state index in [0.29, 0.717) is 25.0 Å². The van der Waals surface area contributed by atoms with Crippen molar-refractivity contribution in [2.45, 2.75) is 81.4 Å². The van der Waals surface area contributed by atoms with Crippen LogP contribution in [0.3, 0.4) is 0 Å². The number of benzene rings is 1. The first-order valence-corrected chi connectivity index (χ1v) is 14.4. The van der Waals surface area contributed by atoms with Crippen LogP contribution in [0.1, 0.15) is 69.1 Å². The lowest BCUT2D eigenvalue weighted by Crippen LogP contribution is -2.64. The van der Waals surface area contributed by atoms with Crippen LogP contribution in [0.25, 0.3) is 0 Å². The second kappa shape index (κ2) is 10.7. The first-order valence-electron chi connectivity index (χ1n) is 13.0. The summed E-state index contributed by atoms with van der Waals surface area (Å²) in [5.41, 5.74) is 6.66. The number of aryl methyl sites for hydroxylation is 1. The van der Waals surface area contributed by atoms with Gasteiger partial charge in [0.05, 0.1) is 10.6 Å². The summed E-state index contributed by atoms with van der Waals surface area (Å²) < 4.78 is 43.5. The number of sulfonamides is 1. The number of aromatic nitrogens is 2. The summed E-state index contributed by atoms with van der Waals surface area (Å²) >= 11 is 0. The molecule has 1 aromatic carbocycles. The van der Waals surface area contributed by atoms with E-state index in [4.69, 9.17) is 5.73 Å². The van der Waals surface area contributed by atoms with Gasteiger partial charge < -0.3 is 16.0 Å². The molecule has 208 valence electrons. The molecule has 2 amide bonds. The maximum absolute atomic E-state index is 13.9. The third kappa shape index (κ3) is 5.76. The van der Waals surface area contributed by atoms with Crippen LogP contribution in [0, 0.1) is 5.82 Å². The molecule has 1 aromatic heterocycles. The van der Waals surface area contributed by atoms with Crippen LogP contribution in [-0.2, 0) is 27.3 Å². The van der Waals surface area contributed by atoms with Gasteiger partial charge in [-0.15, -0.1) is 0 Å². The van der Waals surface area contributed by atoms with Crippen LogP contribution in [0.15, 0.2) is 35.2 Å². The summed E-state index contributed by atoms with van der Waals surface area (Å²) in [6.07, 6.45) is 1.78. The van der Waals surface area contributed by atoms with E-state index in [-0.39, 0.29) is 41.2 Å². The lowest BCUT2D eigenvalue weighted by Gasteiger charge is -2.42. The quantitative estimate of drug-likeness (QED) is 0.589. The fourth-order valence-corrected chi connectivity index (χ4v) is 6.59. The number of hydrogen-bond acceptors (Lipinski definition) is 6. The van der Waals surface area contributed by atoms with Crippen LogP contribution >= 0.6 is 0 Å². The summed E-state index contributed by atoms with van der Waals surface area (Å²) in [6, 6.07) is 6.05. The Morgan fingerprint density at radius 3 is 2.29 bits per heavy atom. The molecule has 3 N–H and O–H groups in total. The minimum absolute atomic E-state index is 0.0374. The Morgan fingerprint density at radius 1 is 1.08 bits per heavy atom. The molecule has 1 saturated heterocycles. The number of nitrogens with two attached hydrogens (primary N) is 1. The molecule has 10 nitrogen and oxygen atoms in total. The maximum atomic E-state index is 13.9. The molecule has 38 heavy (non-hydrogen) atoms. The zero-order chi connectivity index (χ0) is 27.8. The predicted molar refractivity (Wildman–Crippen MR) is 140 cm³/mol. The van der Waals surface area contributed by atoms with Gasteiger partial charge in [-0.05, 0) is 62.4 Å². The normalized spacial score (nSPS) is 23.3. The Labute approximate surface area is 223 Å². The number of nitrogens with one attached hydrogen (secondary N) is 1. The Kier molecular flexibility index (Phi) is 7.96. The summed E-state index contributed by atoms with van der Waals surface area (Å²) in [6.45, 7) is 6.17. The molecule has 4 rings (SSSR count). The average Bonchev–Trinajstić information content (AvgIpc) is 3.27. The van der Waals surface area contributed by atoms with Gasteiger partial charge in [-0.2, -0.15) is 9.40 Å². The third-order valence-electron chi connectivity index (χ3n) is 7.25. The van der Waals surface area contributed by atoms with E-state index < -0.39 is 33.8 Å². The van der Waals surface area contributed by atoms with E-state index in [1.807, 2.05) is 20.8 Å². The zero-order valence-corrected chi connectivity index (χ0v) is 23.2. The van der Waals surface area contributed by atoms with Gasteiger partial charge >= 0.3 is 0 Å². The third-order valence-corrected chi connectivity index (χ3v) is 9.11. The van der Waals surface area contributed by atoms with Gasteiger partial charge in [-0.3, -0.25) is 14.3 Å². The fraction of sp³-hybridized carbons (Fsp3) is 0.577. The molecule has 2 heterocycles. The molecule has 2 fully saturated rings. The van der Waals surface area contributed by atoms with E-state index in [2.05, 4.69) is 10.4 Å². The lowest BCUT2D eigenvalue weighted by molar-refractivity contribution is -0.132. The van der Waals surface area contributed by atoms with E-state index in [9.17, 15) is 22.4 Å². The second-order valence-electron chi connectivity index (χ2n) is 11.2. The van der Waals surface area contributed by atoms with Gasteiger partial charge in [-0.1, -0.05) is 20.8 Å². The molecular weight excluding hydrogens is 511 g/mol. The standard InChI is InChI=1S/C26H37FN6O4S/c1-26(2,3)22-16-21(31(4)30-22)25(35)32-14-5-15-33(38(36,37)20-12-6-17(27)7-13-20)24(32)23(34)29-19-10-8-18(28)9-11-19/h6-7,12-13,16,18-19,24H,5,8-11,14-15,28H2,1-4H3,(H,29,34). The molecular formula is C26H37FN6O4S. The molecule has 0 spiro atoms. The van der Waals surface area contributed by atoms with Crippen molar-refractivity contribution in [3.63, 3.8) is 0 Å². The van der Waals surface area contributed by atoms with Crippen molar-refractivity contribution in [3.05, 3.63) is 47.5 Å². The van der Waals surface area contributed by atoms with E-state index in [0.717, 1.165) is 29.3 Å². The highest BCUT2D eigenvalue weighted by Crippen LogP contribution is 2.28. The van der Waals surface area contributed by atoms with Crippen LogP contribution < -0.4 is 11.1 Å². The molecule has 1 unspecified atom stereocenters. The Morgan fingerprint density at radius 2 is 1.71 bits per heavy atom. The van der Waals surface area contributed by atoms with Crippen LogP contribution in [-0.4, -0.2) is 70.6 Å². The van der Waals surface area contributed by atoms with E-state index in [1.165, 1.54) is 21.7 Å². The summed E-state index contributed by atoms with van der Waals surface area (Å²) in [4.78, 5) is 28.8. The number of carbonyl (C=O) groups is 2. The second-order valence-corrected chi connectivity index (χ2v) is 13.1. The molecule has 0 bridgehead atoms. The van der Waals surface area contributed by atoms with Crippen molar-refractivity contribution in [1.29, 1.82) is 0 Å². The Hall–Kier alpha value is -2.83. The number of nitrogens with zero attached hydrogens (tertiary/aromatic N) is 4.